The summed E-state index contributed by atoms with van der Waals surface area (Å²) in [6, 6.07) is 13.7. The van der Waals surface area contributed by atoms with Crippen LogP contribution in [0.3, 0.4) is 0 Å². The summed E-state index contributed by atoms with van der Waals surface area (Å²) in [4.78, 5) is 16.3. The van der Waals surface area contributed by atoms with E-state index in [1.165, 1.54) is 5.56 Å². The molecule has 23 heavy (non-hydrogen) atoms. The summed E-state index contributed by atoms with van der Waals surface area (Å²) in [7, 11) is 1.68. The first-order valence-electron chi connectivity index (χ1n) is 7.80. The molecule has 122 valence electrons. The third-order valence-corrected chi connectivity index (χ3v) is 3.39. The fraction of sp³-hybridized carbons (Fsp3) is 0.333. The van der Waals surface area contributed by atoms with Crippen LogP contribution >= 0.6 is 0 Å². The second kappa shape index (κ2) is 9.58. The van der Waals surface area contributed by atoms with E-state index in [0.29, 0.717) is 18.8 Å². The Kier molecular flexibility index (Phi) is 7.07. The highest BCUT2D eigenvalue weighted by molar-refractivity contribution is 5.93. The second-order valence-corrected chi connectivity index (χ2v) is 5.19. The van der Waals surface area contributed by atoms with Crippen LogP contribution in [0.5, 0.6) is 0 Å². The fourth-order valence-corrected chi connectivity index (χ4v) is 2.17. The van der Waals surface area contributed by atoms with Gasteiger partial charge in [0, 0.05) is 38.7 Å². The number of ether oxygens (including phenoxy) is 1. The summed E-state index contributed by atoms with van der Waals surface area (Å²) in [5.74, 6) is -0.151. The van der Waals surface area contributed by atoms with Gasteiger partial charge in [-0.1, -0.05) is 30.3 Å². The molecule has 0 aliphatic carbocycles. The molecule has 1 aromatic carbocycles. The number of aromatic nitrogens is 1. The van der Waals surface area contributed by atoms with Crippen molar-refractivity contribution in [1.82, 2.24) is 10.3 Å². The van der Waals surface area contributed by atoms with E-state index in [-0.39, 0.29) is 5.91 Å². The number of carbonyl (C=O) groups excluding carboxylic acids is 1. The van der Waals surface area contributed by atoms with E-state index in [2.05, 4.69) is 27.8 Å². The van der Waals surface area contributed by atoms with Crippen molar-refractivity contribution in [3.8, 4) is 0 Å². The number of anilines is 1. The molecule has 0 atom stereocenters. The number of hydrogen-bond donors (Lipinski definition) is 2. The largest absolute Gasteiger partial charge is 0.385 e. The highest BCUT2D eigenvalue weighted by Crippen LogP contribution is 2.08. The molecule has 0 saturated heterocycles. The molecular formula is C18H23N3O2. The lowest BCUT2D eigenvalue weighted by Crippen LogP contribution is -2.26. The minimum Gasteiger partial charge on any atom is -0.385 e. The summed E-state index contributed by atoms with van der Waals surface area (Å²) < 4.78 is 5.01. The van der Waals surface area contributed by atoms with E-state index in [4.69, 9.17) is 4.74 Å². The monoisotopic (exact) mass is 313 g/mol. The Balaban J connectivity index is 1.79. The van der Waals surface area contributed by atoms with Crippen molar-refractivity contribution < 1.29 is 9.53 Å². The van der Waals surface area contributed by atoms with E-state index in [1.807, 2.05) is 24.3 Å². The van der Waals surface area contributed by atoms with Gasteiger partial charge in [0.15, 0.2) is 0 Å². The van der Waals surface area contributed by atoms with Crippen LogP contribution < -0.4 is 10.6 Å². The Morgan fingerprint density at radius 1 is 1.17 bits per heavy atom. The predicted octanol–water partition coefficient (Wildman–Crippen LogP) is 2.50. The quantitative estimate of drug-likeness (QED) is 0.698. The molecule has 0 unspecified atom stereocenters. The van der Waals surface area contributed by atoms with Gasteiger partial charge in [0.05, 0.1) is 0 Å². The van der Waals surface area contributed by atoms with Gasteiger partial charge in [-0.3, -0.25) is 9.78 Å². The Labute approximate surface area is 137 Å². The number of pyridine rings is 1. The van der Waals surface area contributed by atoms with E-state index in [1.54, 1.807) is 19.4 Å². The Hall–Kier alpha value is -2.40. The van der Waals surface area contributed by atoms with Crippen LogP contribution in [0.4, 0.5) is 5.69 Å². The van der Waals surface area contributed by atoms with Crippen LogP contribution in [0.25, 0.3) is 0 Å². The molecule has 0 aliphatic heterocycles. The number of amides is 1. The molecule has 5 nitrogen and oxygen atoms in total. The topological polar surface area (TPSA) is 63.2 Å². The zero-order valence-electron chi connectivity index (χ0n) is 13.4. The third kappa shape index (κ3) is 6.08. The van der Waals surface area contributed by atoms with Crippen molar-refractivity contribution in [3.05, 3.63) is 59.9 Å². The summed E-state index contributed by atoms with van der Waals surface area (Å²) in [6.07, 6.45) is 3.36. The second-order valence-electron chi connectivity index (χ2n) is 5.19. The first-order chi connectivity index (χ1) is 11.3. The van der Waals surface area contributed by atoms with Gasteiger partial charge in [-0.05, 0) is 30.5 Å². The molecule has 0 saturated carbocycles. The van der Waals surface area contributed by atoms with Crippen molar-refractivity contribution in [2.45, 2.75) is 12.8 Å². The molecule has 1 amide bonds. The van der Waals surface area contributed by atoms with E-state index < -0.39 is 0 Å². The zero-order valence-corrected chi connectivity index (χ0v) is 13.4. The molecule has 2 rings (SSSR count). The van der Waals surface area contributed by atoms with E-state index in [0.717, 1.165) is 25.1 Å². The number of methoxy groups -OCH3 is 1. The fourth-order valence-electron chi connectivity index (χ4n) is 2.17. The molecule has 0 radical (unpaired) electrons. The maximum Gasteiger partial charge on any atom is 0.269 e. The Morgan fingerprint density at radius 3 is 2.78 bits per heavy atom. The lowest BCUT2D eigenvalue weighted by molar-refractivity contribution is 0.0949. The molecule has 2 N–H and O–H groups in total. The average molecular weight is 313 g/mol. The average Bonchev–Trinajstić information content (AvgIpc) is 2.60. The number of nitrogens with one attached hydrogen (secondary N) is 2. The molecule has 5 heteroatoms. The smallest absolute Gasteiger partial charge is 0.269 e. The third-order valence-electron chi connectivity index (χ3n) is 3.39. The molecule has 2 aromatic rings. The van der Waals surface area contributed by atoms with Crippen LogP contribution in [-0.2, 0) is 11.2 Å². The standard InChI is InChI=1S/C18H23N3O2/c1-23-13-5-10-19-16-9-12-20-17(14-16)18(22)21-11-8-15-6-3-2-4-7-15/h2-4,6-7,9,12,14H,5,8,10-11,13H2,1H3,(H,19,20)(H,21,22). The van der Waals surface area contributed by atoms with Gasteiger partial charge in [-0.15, -0.1) is 0 Å². The van der Waals surface area contributed by atoms with Crippen molar-refractivity contribution in [2.75, 3.05) is 32.1 Å². The highest BCUT2D eigenvalue weighted by Gasteiger charge is 2.07. The predicted molar refractivity (Wildman–Crippen MR) is 91.7 cm³/mol. The maximum atomic E-state index is 12.1. The summed E-state index contributed by atoms with van der Waals surface area (Å²) >= 11 is 0. The van der Waals surface area contributed by atoms with Crippen LogP contribution in [0.15, 0.2) is 48.7 Å². The van der Waals surface area contributed by atoms with Crippen LogP contribution in [0.1, 0.15) is 22.5 Å². The lowest BCUT2D eigenvalue weighted by Gasteiger charge is -2.08. The van der Waals surface area contributed by atoms with Gasteiger partial charge in [-0.2, -0.15) is 0 Å². The first-order valence-corrected chi connectivity index (χ1v) is 7.80. The van der Waals surface area contributed by atoms with Gasteiger partial charge in [-0.25, -0.2) is 0 Å². The van der Waals surface area contributed by atoms with Crippen LogP contribution in [0.2, 0.25) is 0 Å². The van der Waals surface area contributed by atoms with Crippen molar-refractivity contribution in [3.63, 3.8) is 0 Å². The Bertz CT molecular complexity index is 602. The van der Waals surface area contributed by atoms with Gasteiger partial charge in [0.1, 0.15) is 5.69 Å². The highest BCUT2D eigenvalue weighted by atomic mass is 16.5. The van der Waals surface area contributed by atoms with Gasteiger partial charge >= 0.3 is 0 Å². The molecular weight excluding hydrogens is 290 g/mol. The lowest BCUT2D eigenvalue weighted by atomic mass is 10.1. The molecule has 1 aromatic heterocycles. The number of carbonyl (C=O) groups is 1. The number of nitrogens with zero attached hydrogens (tertiary/aromatic N) is 1. The molecule has 0 bridgehead atoms. The van der Waals surface area contributed by atoms with E-state index in [9.17, 15) is 4.79 Å². The van der Waals surface area contributed by atoms with Gasteiger partial charge in [0.2, 0.25) is 0 Å². The van der Waals surface area contributed by atoms with Crippen molar-refractivity contribution >= 4 is 11.6 Å². The number of benzene rings is 1. The minimum absolute atomic E-state index is 0.151. The first kappa shape index (κ1) is 17.0. The molecule has 0 aliphatic rings. The van der Waals surface area contributed by atoms with Crippen LogP contribution in [0, 0.1) is 0 Å². The summed E-state index contributed by atoms with van der Waals surface area (Å²) in [5, 5.41) is 6.16. The SMILES string of the molecule is COCCCNc1ccnc(C(=O)NCCc2ccccc2)c1. The van der Waals surface area contributed by atoms with Crippen molar-refractivity contribution in [2.24, 2.45) is 0 Å². The van der Waals surface area contributed by atoms with Gasteiger partial charge in [0.25, 0.3) is 5.91 Å². The Morgan fingerprint density at radius 2 is 2.00 bits per heavy atom. The molecule has 0 spiro atoms. The summed E-state index contributed by atoms with van der Waals surface area (Å²) in [5.41, 5.74) is 2.52. The van der Waals surface area contributed by atoms with Crippen molar-refractivity contribution in [1.29, 1.82) is 0 Å². The van der Waals surface area contributed by atoms with Gasteiger partial charge < -0.3 is 15.4 Å². The number of hydrogen-bond acceptors (Lipinski definition) is 4. The molecule has 1 heterocycles. The maximum absolute atomic E-state index is 12.1. The summed E-state index contributed by atoms with van der Waals surface area (Å²) in [6.45, 7) is 2.11. The molecule has 0 fully saturated rings. The van der Waals surface area contributed by atoms with Crippen LogP contribution in [-0.4, -0.2) is 37.7 Å². The zero-order chi connectivity index (χ0) is 16.3. The number of rotatable bonds is 9. The minimum atomic E-state index is -0.151. The normalized spacial score (nSPS) is 10.3. The van der Waals surface area contributed by atoms with E-state index >= 15 is 0 Å².